The van der Waals surface area contributed by atoms with Gasteiger partial charge < -0.3 is 4.18 Å². The molecule has 16 heavy (non-hydrogen) atoms. The predicted octanol–water partition coefficient (Wildman–Crippen LogP) is 2.26. The second kappa shape index (κ2) is 4.48. The fourth-order valence-electron chi connectivity index (χ4n) is 0.869. The topological polar surface area (TPSA) is 72.5 Å². The van der Waals surface area contributed by atoms with Crippen molar-refractivity contribution in [1.82, 2.24) is 4.49 Å². The van der Waals surface area contributed by atoms with E-state index in [1.807, 2.05) is 0 Å². The fraction of sp³-hybridized carbons (Fsp3) is 0.143. The van der Waals surface area contributed by atoms with Crippen molar-refractivity contribution in [3.05, 3.63) is 29.8 Å². The highest BCUT2D eigenvalue weighted by atomic mass is 32.2. The third-order valence-electron chi connectivity index (χ3n) is 1.44. The minimum atomic E-state index is -5.90. The van der Waals surface area contributed by atoms with Crippen molar-refractivity contribution in [2.24, 2.45) is 0 Å². The van der Waals surface area contributed by atoms with Crippen LogP contribution < -0.4 is 8.68 Å². The van der Waals surface area contributed by atoms with Gasteiger partial charge in [0.2, 0.25) is 0 Å². The maximum atomic E-state index is 12.0. The molecule has 0 saturated heterocycles. The molecule has 5 nitrogen and oxygen atoms in total. The van der Waals surface area contributed by atoms with Gasteiger partial charge in [-0.15, -0.1) is 8.39 Å². The zero-order valence-electron chi connectivity index (χ0n) is 8.05. The van der Waals surface area contributed by atoms with Gasteiger partial charge in [0.05, 0.1) is 0 Å². The summed E-state index contributed by atoms with van der Waals surface area (Å²) >= 11 is 0. The van der Waals surface area contributed by atoms with E-state index in [9.17, 15) is 21.4 Å². The van der Waals surface area contributed by atoms with E-state index in [4.69, 9.17) is 0 Å². The second-order valence-electron chi connectivity index (χ2n) is 2.90. The summed E-state index contributed by atoms with van der Waals surface area (Å²) in [5.74, 6) is -0.147. The third-order valence-corrected chi connectivity index (χ3v) is 3.60. The molecule has 0 fully saturated rings. The Bertz CT molecular complexity index is 510. The first kappa shape index (κ1) is 13.1. The molecule has 1 rings (SSSR count). The van der Waals surface area contributed by atoms with Gasteiger partial charge in [0, 0.05) is 0 Å². The molecule has 0 aliphatic carbocycles. The third kappa shape index (κ3) is 4.69. The Hall–Kier alpha value is -0.980. The number of aryl methyl sites for hydroxylation is 1. The van der Waals surface area contributed by atoms with Crippen molar-refractivity contribution in [3.8, 4) is 5.75 Å². The summed E-state index contributed by atoms with van der Waals surface area (Å²) in [5, 5.41) is 0. The van der Waals surface area contributed by atoms with Crippen LogP contribution in [0.5, 0.6) is 5.75 Å². The van der Waals surface area contributed by atoms with Gasteiger partial charge in [0.25, 0.3) is 0 Å². The summed E-state index contributed by atoms with van der Waals surface area (Å²) < 4.78 is 60.6. The van der Waals surface area contributed by atoms with Crippen LogP contribution in [-0.4, -0.2) is 8.42 Å². The number of hydrogen-bond acceptors (Lipinski definition) is 4. The average molecular weight is 271 g/mol. The molecule has 9 heteroatoms. The average Bonchev–Trinajstić information content (AvgIpc) is 2.04. The quantitative estimate of drug-likeness (QED) is 0.852. The number of rotatable bonds is 4. The second-order valence-corrected chi connectivity index (χ2v) is 5.63. The van der Waals surface area contributed by atoms with Crippen molar-refractivity contribution in [1.29, 1.82) is 0 Å². The zero-order chi connectivity index (χ0) is 12.4. The number of nitrogens with one attached hydrogen (secondary N) is 1. The van der Waals surface area contributed by atoms with Crippen LogP contribution in [0.1, 0.15) is 5.56 Å². The number of benzene rings is 1. The Morgan fingerprint density at radius 1 is 1.25 bits per heavy atom. The van der Waals surface area contributed by atoms with Gasteiger partial charge >= 0.3 is 18.2 Å². The van der Waals surface area contributed by atoms with Crippen LogP contribution in [0.2, 0.25) is 0 Å². The first-order valence-corrected chi connectivity index (χ1v) is 6.87. The molecule has 0 aliphatic heterocycles. The van der Waals surface area contributed by atoms with E-state index in [1.165, 1.54) is 24.3 Å². The molecule has 1 N–H and O–H groups in total. The maximum Gasteiger partial charge on any atom is 0.496 e. The maximum absolute atomic E-state index is 12.0. The highest BCUT2D eigenvalue weighted by Crippen LogP contribution is 2.45. The summed E-state index contributed by atoms with van der Waals surface area (Å²) in [5.41, 5.74) is 0.847. The van der Waals surface area contributed by atoms with Gasteiger partial charge in [-0.25, -0.2) is 4.57 Å². The van der Waals surface area contributed by atoms with Gasteiger partial charge in [0.1, 0.15) is 5.75 Å². The van der Waals surface area contributed by atoms with Gasteiger partial charge in [-0.2, -0.15) is 8.42 Å². The molecule has 0 saturated carbocycles. The Balaban J connectivity index is 2.81. The minimum Gasteiger partial charge on any atom is -0.371 e. The predicted molar refractivity (Wildman–Crippen MR) is 53.7 cm³/mol. The van der Waals surface area contributed by atoms with Crippen LogP contribution in [0, 0.1) is 6.92 Å². The lowest BCUT2D eigenvalue weighted by Gasteiger charge is -2.06. The van der Waals surface area contributed by atoms with E-state index >= 15 is 0 Å². The SMILES string of the molecule is Cc1ccc(OS(=O)(=O)NP(=O)(F)F)cc1. The summed E-state index contributed by atoms with van der Waals surface area (Å²) in [6.07, 6.45) is 0. The van der Waals surface area contributed by atoms with Crippen LogP contribution in [-0.2, 0) is 14.9 Å². The summed E-state index contributed by atoms with van der Waals surface area (Å²) in [7, 11) is -10.7. The molecule has 0 unspecified atom stereocenters. The molecule has 0 aliphatic rings. The number of hydrogen-bond donors (Lipinski definition) is 1. The Morgan fingerprint density at radius 3 is 2.19 bits per heavy atom. The zero-order valence-corrected chi connectivity index (χ0v) is 9.76. The van der Waals surface area contributed by atoms with Gasteiger partial charge in [-0.05, 0) is 19.1 Å². The van der Waals surface area contributed by atoms with E-state index in [0.717, 1.165) is 5.56 Å². The summed E-state index contributed by atoms with van der Waals surface area (Å²) in [6.45, 7) is 1.76. The van der Waals surface area contributed by atoms with E-state index in [-0.39, 0.29) is 5.75 Å². The van der Waals surface area contributed by atoms with Gasteiger partial charge in [0.15, 0.2) is 0 Å². The van der Waals surface area contributed by atoms with Crippen LogP contribution in [0.25, 0.3) is 0 Å². The largest absolute Gasteiger partial charge is 0.496 e. The molecule has 0 atom stereocenters. The van der Waals surface area contributed by atoms with Crippen molar-refractivity contribution < 1.29 is 25.6 Å². The molecule has 0 amide bonds. The lowest BCUT2D eigenvalue weighted by Crippen LogP contribution is -2.23. The van der Waals surface area contributed by atoms with Gasteiger partial charge in [-0.3, -0.25) is 0 Å². The molecule has 1 aromatic carbocycles. The Labute approximate surface area is 91.4 Å². The van der Waals surface area contributed by atoms with Crippen LogP contribution in [0.4, 0.5) is 8.39 Å². The molecular weight excluding hydrogens is 263 g/mol. The monoisotopic (exact) mass is 271 g/mol. The highest BCUT2D eigenvalue weighted by molar-refractivity contribution is 7.90. The molecule has 0 spiro atoms. The van der Waals surface area contributed by atoms with Crippen LogP contribution >= 0.6 is 7.91 Å². The van der Waals surface area contributed by atoms with E-state index in [2.05, 4.69) is 4.18 Å². The fourth-order valence-corrected chi connectivity index (χ4v) is 2.42. The lowest BCUT2D eigenvalue weighted by molar-refractivity contribution is 0.462. The molecule has 90 valence electrons. The van der Waals surface area contributed by atoms with Crippen molar-refractivity contribution in [2.75, 3.05) is 0 Å². The highest BCUT2D eigenvalue weighted by Gasteiger charge is 2.29. The van der Waals surface area contributed by atoms with E-state index < -0.39 is 18.2 Å². The van der Waals surface area contributed by atoms with E-state index in [0.29, 0.717) is 4.49 Å². The molecular formula is C7H8F2NO4PS. The van der Waals surface area contributed by atoms with Crippen molar-refractivity contribution in [3.63, 3.8) is 0 Å². The summed E-state index contributed by atoms with van der Waals surface area (Å²) in [6, 6.07) is 5.65. The lowest BCUT2D eigenvalue weighted by atomic mass is 10.2. The van der Waals surface area contributed by atoms with Crippen LogP contribution in [0.3, 0.4) is 0 Å². The smallest absolute Gasteiger partial charge is 0.371 e. The molecule has 0 radical (unpaired) electrons. The van der Waals surface area contributed by atoms with Crippen molar-refractivity contribution in [2.45, 2.75) is 6.92 Å². The first-order valence-electron chi connectivity index (χ1n) is 3.97. The van der Waals surface area contributed by atoms with Crippen molar-refractivity contribution >= 4 is 18.2 Å². The molecule has 0 aromatic heterocycles. The Morgan fingerprint density at radius 2 is 1.75 bits per heavy atom. The van der Waals surface area contributed by atoms with Gasteiger partial charge in [-0.1, -0.05) is 22.2 Å². The number of halogens is 2. The van der Waals surface area contributed by atoms with Crippen LogP contribution in [0.15, 0.2) is 24.3 Å². The first-order chi connectivity index (χ1) is 7.18. The van der Waals surface area contributed by atoms with E-state index in [1.54, 1.807) is 6.92 Å². The standard InChI is InChI=1S/C7H8F2NO4PS/c1-6-2-4-7(5-3-6)14-16(12,13)10-15(8,9)11/h2-5H,1H3,(H,10,11). The Kier molecular flexibility index (Phi) is 3.67. The summed E-state index contributed by atoms with van der Waals surface area (Å²) in [4.78, 5) is 0. The normalized spacial score (nSPS) is 12.4. The molecule has 1 aromatic rings. The molecule has 0 bridgehead atoms. The minimum absolute atomic E-state index is 0.147. The molecule has 0 heterocycles.